The molecule has 7 nitrogen and oxygen atoms in total. The Hall–Kier alpha value is -2.09. The summed E-state index contributed by atoms with van der Waals surface area (Å²) < 4.78 is 0. The third-order valence-corrected chi connectivity index (χ3v) is 3.73. The van der Waals surface area contributed by atoms with Gasteiger partial charge >= 0.3 is 5.97 Å². The summed E-state index contributed by atoms with van der Waals surface area (Å²) in [5, 5.41) is 22.1. The Kier molecular flexibility index (Phi) is 6.67. The summed E-state index contributed by atoms with van der Waals surface area (Å²) in [5.41, 5.74) is 0.677. The van der Waals surface area contributed by atoms with Gasteiger partial charge in [0.25, 0.3) is 5.69 Å². The second kappa shape index (κ2) is 8.25. The second-order valence-electron chi connectivity index (χ2n) is 4.30. The predicted molar refractivity (Wildman–Crippen MR) is 79.4 cm³/mol. The number of thioether (sulfide) groups is 1. The number of carbonyl (C=O) groups excluding carboxylic acids is 1. The largest absolute Gasteiger partial charge is 0.480 e. The lowest BCUT2D eigenvalue weighted by Crippen LogP contribution is -2.41. The molecule has 21 heavy (non-hydrogen) atoms. The van der Waals surface area contributed by atoms with Gasteiger partial charge in [0.1, 0.15) is 6.04 Å². The molecule has 0 saturated carbocycles. The number of hydrogen-bond donors (Lipinski definition) is 2. The Bertz CT molecular complexity index is 535. The standard InChI is InChI=1S/C13H16N2O5S/c1-9(16)14-11(13(17)18)8-21-7-6-10-4-2-3-5-12(10)15(19)20/h2-5,11H,6-8H2,1H3,(H,14,16)(H,17,18). The van der Waals surface area contributed by atoms with Gasteiger partial charge in [-0.05, 0) is 12.2 Å². The number of aryl methyl sites for hydroxylation is 1. The van der Waals surface area contributed by atoms with Crippen LogP contribution >= 0.6 is 11.8 Å². The van der Waals surface area contributed by atoms with Gasteiger partial charge in [0.15, 0.2) is 0 Å². The van der Waals surface area contributed by atoms with Gasteiger partial charge in [-0.25, -0.2) is 4.79 Å². The first kappa shape index (κ1) is 17.0. The van der Waals surface area contributed by atoms with Crippen molar-refractivity contribution in [3.63, 3.8) is 0 Å². The van der Waals surface area contributed by atoms with E-state index in [9.17, 15) is 19.7 Å². The molecule has 2 N–H and O–H groups in total. The molecule has 1 aromatic carbocycles. The maximum Gasteiger partial charge on any atom is 0.327 e. The molecule has 1 aromatic rings. The van der Waals surface area contributed by atoms with E-state index in [1.165, 1.54) is 24.8 Å². The summed E-state index contributed by atoms with van der Waals surface area (Å²) in [6.07, 6.45) is 0.466. The highest BCUT2D eigenvalue weighted by Crippen LogP contribution is 2.19. The number of nitro benzene ring substituents is 1. The first-order valence-corrected chi connectivity index (χ1v) is 7.37. The van der Waals surface area contributed by atoms with Gasteiger partial charge < -0.3 is 10.4 Å². The zero-order valence-corrected chi connectivity index (χ0v) is 12.3. The fourth-order valence-corrected chi connectivity index (χ4v) is 2.70. The Balaban J connectivity index is 2.48. The molecule has 0 aliphatic carbocycles. The average molecular weight is 312 g/mol. The molecule has 0 spiro atoms. The van der Waals surface area contributed by atoms with E-state index in [1.54, 1.807) is 18.2 Å². The van der Waals surface area contributed by atoms with Crippen LogP contribution in [0.2, 0.25) is 0 Å². The Labute approximate surface area is 125 Å². The molecule has 1 amide bonds. The lowest BCUT2D eigenvalue weighted by Gasteiger charge is -2.12. The topological polar surface area (TPSA) is 110 Å². The molecular formula is C13H16N2O5S. The number of aliphatic carboxylic acids is 1. The molecule has 114 valence electrons. The number of carboxylic acid groups (broad SMARTS) is 1. The molecular weight excluding hydrogens is 296 g/mol. The van der Waals surface area contributed by atoms with Gasteiger partial charge in [0.05, 0.1) is 4.92 Å². The molecule has 1 rings (SSSR count). The summed E-state index contributed by atoms with van der Waals surface area (Å²) in [6.45, 7) is 1.26. The number of rotatable bonds is 8. The Morgan fingerprint density at radius 3 is 2.67 bits per heavy atom. The van der Waals surface area contributed by atoms with E-state index >= 15 is 0 Å². The summed E-state index contributed by atoms with van der Waals surface area (Å²) in [5.74, 6) is -0.742. The van der Waals surface area contributed by atoms with Crippen LogP contribution in [0.3, 0.4) is 0 Å². The van der Waals surface area contributed by atoms with Crippen LogP contribution in [0.1, 0.15) is 12.5 Å². The summed E-state index contributed by atoms with van der Waals surface area (Å²) in [6, 6.07) is 5.51. The van der Waals surface area contributed by atoms with Gasteiger partial charge in [-0.1, -0.05) is 18.2 Å². The van der Waals surface area contributed by atoms with E-state index in [2.05, 4.69) is 5.32 Å². The average Bonchev–Trinajstić information content (AvgIpc) is 2.41. The van der Waals surface area contributed by atoms with Gasteiger partial charge in [-0.3, -0.25) is 14.9 Å². The summed E-state index contributed by atoms with van der Waals surface area (Å²) in [4.78, 5) is 32.2. The maximum absolute atomic E-state index is 10.9. The van der Waals surface area contributed by atoms with Crippen molar-refractivity contribution in [3.05, 3.63) is 39.9 Å². The smallest absolute Gasteiger partial charge is 0.327 e. The third kappa shape index (κ3) is 5.82. The molecule has 0 aliphatic heterocycles. The molecule has 0 saturated heterocycles. The number of nitro groups is 1. The van der Waals surface area contributed by atoms with Gasteiger partial charge in [0, 0.05) is 24.3 Å². The fraction of sp³-hybridized carbons (Fsp3) is 0.385. The zero-order valence-electron chi connectivity index (χ0n) is 11.4. The van der Waals surface area contributed by atoms with Crippen molar-refractivity contribution in [1.82, 2.24) is 5.32 Å². The number of nitrogens with zero attached hydrogens (tertiary/aromatic N) is 1. The van der Waals surface area contributed by atoms with Crippen molar-refractivity contribution in [2.75, 3.05) is 11.5 Å². The molecule has 0 fully saturated rings. The Morgan fingerprint density at radius 2 is 2.10 bits per heavy atom. The van der Waals surface area contributed by atoms with E-state index in [-0.39, 0.29) is 11.4 Å². The minimum absolute atomic E-state index is 0.0646. The molecule has 0 bridgehead atoms. The van der Waals surface area contributed by atoms with Crippen LogP contribution in [-0.4, -0.2) is 39.5 Å². The van der Waals surface area contributed by atoms with Crippen molar-refractivity contribution in [3.8, 4) is 0 Å². The fourth-order valence-electron chi connectivity index (χ4n) is 1.70. The highest BCUT2D eigenvalue weighted by molar-refractivity contribution is 7.99. The van der Waals surface area contributed by atoms with Crippen LogP contribution in [-0.2, 0) is 16.0 Å². The van der Waals surface area contributed by atoms with E-state index in [0.29, 0.717) is 17.7 Å². The minimum atomic E-state index is -1.09. The number of amides is 1. The molecule has 0 aliphatic rings. The van der Waals surface area contributed by atoms with Crippen LogP contribution < -0.4 is 5.32 Å². The predicted octanol–water partition coefficient (Wildman–Crippen LogP) is 1.46. The number of para-hydroxylation sites is 1. The number of carbonyl (C=O) groups is 2. The number of benzene rings is 1. The van der Waals surface area contributed by atoms with Crippen LogP contribution in [0.15, 0.2) is 24.3 Å². The van der Waals surface area contributed by atoms with Crippen molar-refractivity contribution < 1.29 is 19.6 Å². The molecule has 1 atom stereocenters. The van der Waals surface area contributed by atoms with Crippen molar-refractivity contribution in [2.24, 2.45) is 0 Å². The molecule has 0 aromatic heterocycles. The first-order chi connectivity index (χ1) is 9.91. The van der Waals surface area contributed by atoms with Gasteiger partial charge in [-0.2, -0.15) is 11.8 Å². The number of hydrogen-bond acceptors (Lipinski definition) is 5. The second-order valence-corrected chi connectivity index (χ2v) is 5.45. The van der Waals surface area contributed by atoms with Crippen molar-refractivity contribution in [1.29, 1.82) is 0 Å². The summed E-state index contributed by atoms with van der Waals surface area (Å²) >= 11 is 1.33. The third-order valence-electron chi connectivity index (χ3n) is 2.66. The van der Waals surface area contributed by atoms with Crippen molar-refractivity contribution >= 4 is 29.3 Å². The normalized spacial score (nSPS) is 11.7. The van der Waals surface area contributed by atoms with Gasteiger partial charge in [-0.15, -0.1) is 0 Å². The van der Waals surface area contributed by atoms with E-state index in [1.807, 2.05) is 0 Å². The Morgan fingerprint density at radius 1 is 1.43 bits per heavy atom. The number of carboxylic acids is 1. The van der Waals surface area contributed by atoms with E-state index < -0.39 is 22.8 Å². The van der Waals surface area contributed by atoms with Crippen molar-refractivity contribution in [2.45, 2.75) is 19.4 Å². The molecule has 0 heterocycles. The maximum atomic E-state index is 10.9. The zero-order chi connectivity index (χ0) is 15.8. The van der Waals surface area contributed by atoms with Crippen LogP contribution in [0.25, 0.3) is 0 Å². The highest BCUT2D eigenvalue weighted by atomic mass is 32.2. The van der Waals surface area contributed by atoms with E-state index in [4.69, 9.17) is 5.11 Å². The van der Waals surface area contributed by atoms with Crippen LogP contribution in [0.5, 0.6) is 0 Å². The first-order valence-electron chi connectivity index (χ1n) is 6.21. The summed E-state index contributed by atoms with van der Waals surface area (Å²) in [7, 11) is 0. The highest BCUT2D eigenvalue weighted by Gasteiger charge is 2.18. The minimum Gasteiger partial charge on any atom is -0.480 e. The molecule has 8 heteroatoms. The van der Waals surface area contributed by atoms with Gasteiger partial charge in [0.2, 0.25) is 5.91 Å². The van der Waals surface area contributed by atoms with E-state index in [0.717, 1.165) is 0 Å². The monoisotopic (exact) mass is 312 g/mol. The number of nitrogens with one attached hydrogen (secondary N) is 1. The quantitative estimate of drug-likeness (QED) is 0.427. The van der Waals surface area contributed by atoms with Crippen LogP contribution in [0, 0.1) is 10.1 Å². The lowest BCUT2D eigenvalue weighted by atomic mass is 10.1. The molecule has 1 unspecified atom stereocenters. The SMILES string of the molecule is CC(=O)NC(CSCCc1ccccc1[N+](=O)[O-])C(=O)O. The molecule has 0 radical (unpaired) electrons. The lowest BCUT2D eigenvalue weighted by molar-refractivity contribution is -0.385. The van der Waals surface area contributed by atoms with Crippen LogP contribution in [0.4, 0.5) is 5.69 Å².